The Balaban J connectivity index is 0.00000608. The molecule has 0 spiro atoms. The molecule has 0 bridgehead atoms. The monoisotopic (exact) mass is 1050 g/mol. The molecule has 0 aliphatic carbocycles. The second-order valence-corrected chi connectivity index (χ2v) is 16.3. The van der Waals surface area contributed by atoms with Crippen molar-refractivity contribution in [2.45, 2.75) is 52.3 Å². The van der Waals surface area contributed by atoms with Crippen molar-refractivity contribution >= 4 is 22.1 Å². The molecule has 0 aliphatic heterocycles. The van der Waals surface area contributed by atoms with Gasteiger partial charge in [0.05, 0.1) is 5.58 Å². The zero-order chi connectivity index (χ0) is 47.9. The van der Waals surface area contributed by atoms with Crippen LogP contribution in [0.3, 0.4) is 0 Å². The number of aromatic nitrogens is 4. The summed E-state index contributed by atoms with van der Waals surface area (Å²) in [6.07, 6.45) is 7.21. The molecule has 0 fully saturated rings. The van der Waals surface area contributed by atoms with Gasteiger partial charge in [-0.2, -0.15) is 0 Å². The Hall–Kier alpha value is -6.99. The standard InChI is InChI=1S/C58H43F2N4O.Ir/c1-36(2)42-26-29-63-55(35-42)49-25-24-46(56-50-21-14-37(3)64-58(50)65-57(49)56)45-11-5-4-10-44(45)43-31-40(17-15-38-19-22-47(51(59)33-38)53-12-6-8-27-61-53)30-41(32-43)18-16-39-20-23-48(52(60)34-39)54-13-7-9-28-62-54;/h4-14,19-21,24,26-36H,15-18H2,1-3H3;/q-3;+3/i3D3,36D;. The van der Waals surface area contributed by atoms with E-state index in [9.17, 15) is 0 Å². The number of rotatable bonds is 12. The van der Waals surface area contributed by atoms with Crippen LogP contribution >= 0.6 is 0 Å². The molecule has 5 aromatic carbocycles. The Labute approximate surface area is 402 Å². The van der Waals surface area contributed by atoms with E-state index < -0.39 is 12.7 Å². The molecule has 0 radical (unpaired) electrons. The minimum absolute atomic E-state index is 0. The van der Waals surface area contributed by atoms with E-state index in [1.54, 1.807) is 61.1 Å². The fourth-order valence-corrected chi connectivity index (χ4v) is 8.46. The summed E-state index contributed by atoms with van der Waals surface area (Å²) in [5.41, 5.74) is 11.2. The van der Waals surface area contributed by atoms with Crippen LogP contribution in [0.1, 0.15) is 58.7 Å². The molecule has 8 heteroatoms. The van der Waals surface area contributed by atoms with Gasteiger partial charge < -0.3 is 19.4 Å². The SMILES string of the molecule is [2H]C([2H])([2H])c1ccc2c(n1)oc1c(-c3cc(C([2H])(C)C)ccn3)[c-]cc(-c3ccccc3-c3cc(CCc4c[c-]c(-c5ccccn5)c(F)c4)cc(CCc4c[c-]c(-c5ccccn5)c(F)c4)c3)c12.[Ir+3]. The van der Waals surface area contributed by atoms with Crippen molar-refractivity contribution in [3.8, 4) is 56.0 Å². The van der Waals surface area contributed by atoms with Gasteiger partial charge in [0.25, 0.3) is 0 Å². The van der Waals surface area contributed by atoms with Crippen LogP contribution in [0.2, 0.25) is 0 Å². The first-order valence-electron chi connectivity index (χ1n) is 23.5. The third-order valence-corrected chi connectivity index (χ3v) is 11.7. The molecule has 0 unspecified atom stereocenters. The van der Waals surface area contributed by atoms with Crippen LogP contribution in [0.5, 0.6) is 0 Å². The second-order valence-electron chi connectivity index (χ2n) is 16.3. The molecule has 10 rings (SSSR count). The van der Waals surface area contributed by atoms with Gasteiger partial charge in [-0.3, -0.25) is 8.78 Å². The van der Waals surface area contributed by atoms with E-state index in [0.717, 1.165) is 50.1 Å². The van der Waals surface area contributed by atoms with E-state index >= 15 is 8.78 Å². The van der Waals surface area contributed by atoms with Crippen LogP contribution < -0.4 is 0 Å². The predicted molar refractivity (Wildman–Crippen MR) is 255 cm³/mol. The van der Waals surface area contributed by atoms with Gasteiger partial charge in [0.1, 0.15) is 0 Å². The molecule has 5 nitrogen and oxygen atoms in total. The number of furan rings is 1. The summed E-state index contributed by atoms with van der Waals surface area (Å²) in [6.45, 7) is 1.17. The van der Waals surface area contributed by atoms with Gasteiger partial charge >= 0.3 is 20.1 Å². The molecule has 66 heavy (non-hydrogen) atoms. The summed E-state index contributed by atoms with van der Waals surface area (Å²) in [4.78, 5) is 17.8. The van der Waals surface area contributed by atoms with Gasteiger partial charge in [0.2, 0.25) is 5.71 Å². The summed E-state index contributed by atoms with van der Waals surface area (Å²) >= 11 is 0. The molecule has 0 amide bonds. The van der Waals surface area contributed by atoms with Crippen molar-refractivity contribution in [2.24, 2.45) is 0 Å². The fraction of sp³-hybridized carbons (Fsp3) is 0.138. The van der Waals surface area contributed by atoms with Gasteiger partial charge in [-0.15, -0.1) is 59.7 Å². The number of benzene rings is 5. The summed E-state index contributed by atoms with van der Waals surface area (Å²) in [5, 5.41) is 1.34. The Bertz CT molecular complexity index is 3410. The maximum atomic E-state index is 15.5. The smallest absolute Gasteiger partial charge is 0.486 e. The molecule has 5 heterocycles. The molecule has 324 valence electrons. The minimum Gasteiger partial charge on any atom is -0.486 e. The summed E-state index contributed by atoms with van der Waals surface area (Å²) in [5.74, 6) is -1.67. The Kier molecular flexibility index (Phi) is 11.5. The number of hydrogen-bond donors (Lipinski definition) is 0. The normalized spacial score (nSPS) is 12.6. The Morgan fingerprint density at radius 2 is 1.18 bits per heavy atom. The van der Waals surface area contributed by atoms with E-state index in [-0.39, 0.29) is 43.1 Å². The average molecular weight is 1050 g/mol. The number of halogens is 2. The van der Waals surface area contributed by atoms with Crippen molar-refractivity contribution in [2.75, 3.05) is 0 Å². The molecule has 0 atom stereocenters. The molecule has 0 N–H and O–H groups in total. The summed E-state index contributed by atoms with van der Waals surface area (Å²) < 4.78 is 70.5. The Morgan fingerprint density at radius 3 is 1.77 bits per heavy atom. The fourth-order valence-electron chi connectivity index (χ4n) is 8.46. The van der Waals surface area contributed by atoms with Crippen LogP contribution in [0.15, 0.2) is 156 Å². The number of pyridine rings is 4. The number of aryl methyl sites for hydroxylation is 5. The molecule has 10 aromatic rings. The van der Waals surface area contributed by atoms with Crippen molar-refractivity contribution < 1.29 is 38.8 Å². The number of nitrogens with zero attached hydrogens (tertiary/aromatic N) is 4. The third-order valence-electron chi connectivity index (χ3n) is 11.7. The van der Waals surface area contributed by atoms with Gasteiger partial charge in [-0.25, -0.2) is 4.98 Å². The van der Waals surface area contributed by atoms with Gasteiger partial charge in [-0.1, -0.05) is 133 Å². The second kappa shape index (κ2) is 19.2. The number of hydrogen-bond acceptors (Lipinski definition) is 5. The Morgan fingerprint density at radius 1 is 0.591 bits per heavy atom. The van der Waals surface area contributed by atoms with E-state index in [0.29, 0.717) is 75.8 Å². The van der Waals surface area contributed by atoms with Crippen LogP contribution in [-0.2, 0) is 45.8 Å². The van der Waals surface area contributed by atoms with Crippen molar-refractivity contribution in [3.63, 3.8) is 0 Å². The van der Waals surface area contributed by atoms with Gasteiger partial charge in [0, 0.05) is 46.8 Å². The van der Waals surface area contributed by atoms with E-state index in [1.165, 1.54) is 6.07 Å². The maximum Gasteiger partial charge on any atom is 3.00 e. The zero-order valence-electron chi connectivity index (χ0n) is 40.0. The summed E-state index contributed by atoms with van der Waals surface area (Å²) in [7, 11) is 0. The topological polar surface area (TPSA) is 64.7 Å². The van der Waals surface area contributed by atoms with Crippen molar-refractivity contribution in [1.29, 1.82) is 0 Å². The molecular formula is C58H43F2IrN4O. The van der Waals surface area contributed by atoms with Crippen LogP contribution in [0, 0.1) is 36.7 Å². The first-order valence-corrected chi connectivity index (χ1v) is 21.5. The molecule has 0 aliphatic rings. The van der Waals surface area contributed by atoms with Crippen LogP contribution in [-0.4, -0.2) is 19.9 Å². The van der Waals surface area contributed by atoms with Crippen LogP contribution in [0.4, 0.5) is 8.78 Å². The number of fused-ring (bicyclic) bond motifs is 3. The average Bonchev–Trinajstić information content (AvgIpc) is 3.74. The van der Waals surface area contributed by atoms with Gasteiger partial charge in [-0.05, 0) is 101 Å². The molecule has 0 saturated carbocycles. The third kappa shape index (κ3) is 9.12. The largest absolute Gasteiger partial charge is 3.00 e. The van der Waals surface area contributed by atoms with Gasteiger partial charge in [0.15, 0.2) is 0 Å². The van der Waals surface area contributed by atoms with Crippen LogP contribution in [0.25, 0.3) is 78.1 Å². The summed E-state index contributed by atoms with van der Waals surface area (Å²) in [6, 6.07) is 50.6. The van der Waals surface area contributed by atoms with Crippen molar-refractivity contribution in [3.05, 3.63) is 215 Å². The molecular weight excluding hydrogens is 999 g/mol. The first-order chi connectivity index (χ1) is 33.3. The maximum absolute atomic E-state index is 15.5. The van der Waals surface area contributed by atoms with Crippen molar-refractivity contribution in [1.82, 2.24) is 19.9 Å². The minimum atomic E-state index is -2.46. The zero-order valence-corrected chi connectivity index (χ0v) is 38.4. The van der Waals surface area contributed by atoms with E-state index in [4.69, 9.17) is 9.90 Å². The quantitative estimate of drug-likeness (QED) is 0.114. The van der Waals surface area contributed by atoms with E-state index in [2.05, 4.69) is 62.4 Å². The molecule has 5 aromatic heterocycles. The van der Waals surface area contributed by atoms with E-state index in [1.807, 2.05) is 74.5 Å². The first kappa shape index (κ1) is 39.4. The predicted octanol–water partition coefficient (Wildman–Crippen LogP) is 14.2. The molecule has 0 saturated heterocycles.